The number of nitrogens with one attached hydrogen (secondary N) is 2. The summed E-state index contributed by atoms with van der Waals surface area (Å²) >= 11 is 0. The van der Waals surface area contributed by atoms with Gasteiger partial charge in [0.25, 0.3) is 5.91 Å². The van der Waals surface area contributed by atoms with E-state index in [9.17, 15) is 14.0 Å². The van der Waals surface area contributed by atoms with Gasteiger partial charge in [-0.3, -0.25) is 9.59 Å². The Labute approximate surface area is 212 Å². The number of carbonyl (C=O) groups is 2. The second kappa shape index (κ2) is 10.4. The standard InChI is InChI=1S/C26H24FN7O3/c1-17-6-2-3-7-19(17)25(36)34-14-12-33(13-15-34)22-11-10-18(16-28-22)29-23(35)24-31-32-26(37-24)30-21-9-5-4-8-20(21)27/h2-11,16H,12-15H2,1H3,(H,29,35)(H,30,32). The number of piperazine rings is 1. The fourth-order valence-corrected chi connectivity index (χ4v) is 4.00. The predicted octanol–water partition coefficient (Wildman–Crippen LogP) is 3.87. The summed E-state index contributed by atoms with van der Waals surface area (Å²) in [6.07, 6.45) is 1.53. The number of pyridine rings is 1. The molecule has 11 heteroatoms. The molecular formula is C26H24FN7O3. The van der Waals surface area contributed by atoms with Crippen molar-refractivity contribution in [1.29, 1.82) is 0 Å². The van der Waals surface area contributed by atoms with Gasteiger partial charge in [-0.1, -0.05) is 35.4 Å². The molecule has 188 valence electrons. The number of carbonyl (C=O) groups excluding carboxylic acids is 2. The van der Waals surface area contributed by atoms with Gasteiger partial charge in [0.15, 0.2) is 0 Å². The molecule has 2 aromatic carbocycles. The summed E-state index contributed by atoms with van der Waals surface area (Å²) in [5, 5.41) is 12.7. The first kappa shape index (κ1) is 23.9. The van der Waals surface area contributed by atoms with Crippen LogP contribution in [0.4, 0.5) is 27.6 Å². The zero-order valence-corrected chi connectivity index (χ0v) is 20.0. The third-order valence-electron chi connectivity index (χ3n) is 6.01. The number of nitrogens with zero attached hydrogens (tertiary/aromatic N) is 5. The maximum atomic E-state index is 13.8. The number of para-hydroxylation sites is 1. The van der Waals surface area contributed by atoms with Crippen LogP contribution < -0.4 is 15.5 Å². The molecule has 37 heavy (non-hydrogen) atoms. The number of hydrogen-bond donors (Lipinski definition) is 2. The molecule has 0 saturated carbocycles. The van der Waals surface area contributed by atoms with E-state index >= 15 is 0 Å². The van der Waals surface area contributed by atoms with Crippen LogP contribution >= 0.6 is 0 Å². The molecule has 0 unspecified atom stereocenters. The van der Waals surface area contributed by atoms with Crippen LogP contribution in [0.5, 0.6) is 0 Å². The van der Waals surface area contributed by atoms with Crippen molar-refractivity contribution in [2.75, 3.05) is 41.7 Å². The Morgan fingerprint density at radius 3 is 2.43 bits per heavy atom. The molecule has 1 saturated heterocycles. The van der Waals surface area contributed by atoms with Gasteiger partial charge in [0.05, 0.1) is 17.6 Å². The number of amides is 2. The first-order valence-electron chi connectivity index (χ1n) is 11.7. The molecular weight excluding hydrogens is 477 g/mol. The Morgan fingerprint density at radius 1 is 0.946 bits per heavy atom. The third-order valence-corrected chi connectivity index (χ3v) is 6.01. The van der Waals surface area contributed by atoms with Gasteiger partial charge in [0.2, 0.25) is 0 Å². The molecule has 0 atom stereocenters. The van der Waals surface area contributed by atoms with Gasteiger partial charge in [-0.15, -0.1) is 5.10 Å². The fraction of sp³-hybridized carbons (Fsp3) is 0.192. The van der Waals surface area contributed by atoms with Crippen molar-refractivity contribution in [2.24, 2.45) is 0 Å². The van der Waals surface area contributed by atoms with E-state index in [1.165, 1.54) is 18.3 Å². The van der Waals surface area contributed by atoms with E-state index < -0.39 is 11.7 Å². The van der Waals surface area contributed by atoms with E-state index in [-0.39, 0.29) is 23.5 Å². The Morgan fingerprint density at radius 2 is 1.70 bits per heavy atom. The Kier molecular flexibility index (Phi) is 6.75. The molecule has 1 aliphatic heterocycles. The molecule has 2 N–H and O–H groups in total. The van der Waals surface area contributed by atoms with Gasteiger partial charge in [0, 0.05) is 31.7 Å². The second-order valence-electron chi connectivity index (χ2n) is 8.47. The minimum absolute atomic E-state index is 0.0389. The molecule has 3 heterocycles. The number of anilines is 4. The monoisotopic (exact) mass is 501 g/mol. The maximum absolute atomic E-state index is 13.8. The Bertz CT molecular complexity index is 1420. The number of aryl methyl sites for hydroxylation is 1. The third kappa shape index (κ3) is 5.40. The number of rotatable bonds is 6. The molecule has 0 radical (unpaired) electrons. The van der Waals surface area contributed by atoms with Gasteiger partial charge in [-0.05, 0) is 42.8 Å². The molecule has 10 nitrogen and oxygen atoms in total. The van der Waals surface area contributed by atoms with E-state index in [1.807, 2.05) is 36.1 Å². The highest BCUT2D eigenvalue weighted by Gasteiger charge is 2.24. The molecule has 0 bridgehead atoms. The Hall–Kier alpha value is -4.80. The lowest BCUT2D eigenvalue weighted by molar-refractivity contribution is 0.0745. The molecule has 4 aromatic rings. The molecule has 0 spiro atoms. The quantitative estimate of drug-likeness (QED) is 0.409. The summed E-state index contributed by atoms with van der Waals surface area (Å²) in [4.78, 5) is 33.7. The number of benzene rings is 2. The van der Waals surface area contributed by atoms with E-state index in [0.29, 0.717) is 31.9 Å². The normalized spacial score (nSPS) is 13.4. The van der Waals surface area contributed by atoms with Crippen LogP contribution in [0.15, 0.2) is 71.3 Å². The lowest BCUT2D eigenvalue weighted by Crippen LogP contribution is -2.49. The smallest absolute Gasteiger partial charge is 0.320 e. The first-order chi connectivity index (χ1) is 18.0. The molecule has 5 rings (SSSR count). The average molecular weight is 502 g/mol. The lowest BCUT2D eigenvalue weighted by atomic mass is 10.1. The summed E-state index contributed by atoms with van der Waals surface area (Å²) in [6, 6.07) is 17.0. The van der Waals surface area contributed by atoms with Crippen LogP contribution in [0.1, 0.15) is 26.6 Å². The number of halogens is 1. The highest BCUT2D eigenvalue weighted by atomic mass is 19.1. The largest absolute Gasteiger partial charge is 0.399 e. The van der Waals surface area contributed by atoms with Crippen molar-refractivity contribution < 1.29 is 18.4 Å². The minimum atomic E-state index is -0.619. The van der Waals surface area contributed by atoms with Gasteiger partial charge in [-0.25, -0.2) is 9.37 Å². The lowest BCUT2D eigenvalue weighted by Gasteiger charge is -2.35. The van der Waals surface area contributed by atoms with Crippen LogP contribution in [0.3, 0.4) is 0 Å². The highest BCUT2D eigenvalue weighted by Crippen LogP contribution is 2.20. The summed E-state index contributed by atoms with van der Waals surface area (Å²) in [5.41, 5.74) is 2.29. The summed E-state index contributed by atoms with van der Waals surface area (Å²) in [5.74, 6) is -0.603. The van der Waals surface area contributed by atoms with Crippen LogP contribution in [0.25, 0.3) is 0 Å². The molecule has 1 fully saturated rings. The predicted molar refractivity (Wildman–Crippen MR) is 135 cm³/mol. The van der Waals surface area contributed by atoms with Crippen molar-refractivity contribution in [1.82, 2.24) is 20.1 Å². The van der Waals surface area contributed by atoms with Crippen LogP contribution in [0.2, 0.25) is 0 Å². The SMILES string of the molecule is Cc1ccccc1C(=O)N1CCN(c2ccc(NC(=O)c3nnc(Nc4ccccc4F)o3)cn2)CC1. The zero-order chi connectivity index (χ0) is 25.8. The van der Waals surface area contributed by atoms with E-state index in [0.717, 1.165) is 16.9 Å². The van der Waals surface area contributed by atoms with Gasteiger partial charge < -0.3 is 24.9 Å². The Balaban J connectivity index is 1.15. The van der Waals surface area contributed by atoms with E-state index in [2.05, 4.69) is 30.7 Å². The summed E-state index contributed by atoms with van der Waals surface area (Å²) in [6.45, 7) is 4.42. The highest BCUT2D eigenvalue weighted by molar-refractivity contribution is 6.00. The summed E-state index contributed by atoms with van der Waals surface area (Å²) < 4.78 is 19.1. The average Bonchev–Trinajstić information content (AvgIpc) is 3.39. The van der Waals surface area contributed by atoms with Gasteiger partial charge in [0.1, 0.15) is 11.6 Å². The minimum Gasteiger partial charge on any atom is -0.399 e. The van der Waals surface area contributed by atoms with E-state index in [4.69, 9.17) is 4.42 Å². The maximum Gasteiger partial charge on any atom is 0.320 e. The molecule has 1 aliphatic rings. The molecule has 2 aromatic heterocycles. The van der Waals surface area contributed by atoms with Crippen molar-refractivity contribution in [3.8, 4) is 0 Å². The van der Waals surface area contributed by atoms with Crippen LogP contribution in [-0.4, -0.2) is 58.1 Å². The van der Waals surface area contributed by atoms with Crippen LogP contribution in [0, 0.1) is 12.7 Å². The van der Waals surface area contributed by atoms with Crippen LogP contribution in [-0.2, 0) is 0 Å². The number of hydrogen-bond acceptors (Lipinski definition) is 8. The second-order valence-corrected chi connectivity index (χ2v) is 8.47. The zero-order valence-electron chi connectivity index (χ0n) is 20.0. The van der Waals surface area contributed by atoms with Gasteiger partial charge in [-0.2, -0.15) is 0 Å². The fourth-order valence-electron chi connectivity index (χ4n) is 4.00. The van der Waals surface area contributed by atoms with Crippen molar-refractivity contribution in [3.63, 3.8) is 0 Å². The topological polar surface area (TPSA) is 116 Å². The van der Waals surface area contributed by atoms with Crippen molar-refractivity contribution in [2.45, 2.75) is 6.92 Å². The van der Waals surface area contributed by atoms with Crippen molar-refractivity contribution >= 4 is 35.0 Å². The molecule has 0 aliphatic carbocycles. The van der Waals surface area contributed by atoms with Gasteiger partial charge >= 0.3 is 17.8 Å². The summed E-state index contributed by atoms with van der Waals surface area (Å²) in [7, 11) is 0. The number of aromatic nitrogens is 3. The first-order valence-corrected chi connectivity index (χ1v) is 11.7. The van der Waals surface area contributed by atoms with E-state index in [1.54, 1.807) is 24.3 Å². The molecule has 2 amide bonds. The van der Waals surface area contributed by atoms with Crippen molar-refractivity contribution in [3.05, 3.63) is 89.7 Å².